The second kappa shape index (κ2) is 7.44. The van der Waals surface area contributed by atoms with Gasteiger partial charge in [0.25, 0.3) is 0 Å². The van der Waals surface area contributed by atoms with Gasteiger partial charge in [-0.15, -0.1) is 0 Å². The Bertz CT molecular complexity index is 1050. The summed E-state index contributed by atoms with van der Waals surface area (Å²) in [5.41, 5.74) is 0.149. The maximum absolute atomic E-state index is 12.7. The molecule has 178 valence electrons. The molecular weight excluding hydrogens is 430 g/mol. The minimum atomic E-state index is -1.35. The summed E-state index contributed by atoms with van der Waals surface area (Å²) >= 11 is 0. The van der Waals surface area contributed by atoms with Gasteiger partial charge in [-0.25, -0.2) is 9.59 Å². The molecule has 0 saturated carbocycles. The van der Waals surface area contributed by atoms with Crippen LogP contribution in [0.25, 0.3) is 0 Å². The van der Waals surface area contributed by atoms with Gasteiger partial charge in [0.2, 0.25) is 0 Å². The van der Waals surface area contributed by atoms with Crippen LogP contribution in [0, 0.1) is 0 Å². The predicted octanol–water partition coefficient (Wildman–Crippen LogP) is 0.829. The molecule has 9 nitrogen and oxygen atoms in total. The summed E-state index contributed by atoms with van der Waals surface area (Å²) in [6.07, 6.45) is 0.0303. The van der Waals surface area contributed by atoms with Crippen LogP contribution in [0.1, 0.15) is 37.8 Å². The summed E-state index contributed by atoms with van der Waals surface area (Å²) in [5.74, 6) is -0.237. The molecule has 2 heterocycles. The van der Waals surface area contributed by atoms with E-state index in [0.717, 1.165) is 17.7 Å². The number of aliphatic hydroxyl groups is 2. The number of carbonyl (C=O) groups is 2. The lowest BCUT2D eigenvalue weighted by molar-refractivity contribution is -0.177. The smallest absolute Gasteiger partial charge is 0.352 e. The number of benzene rings is 1. The lowest BCUT2D eigenvalue weighted by Crippen LogP contribution is -2.74. The summed E-state index contributed by atoms with van der Waals surface area (Å²) in [6.45, 7) is 3.41. The highest BCUT2D eigenvalue weighted by molar-refractivity contribution is 5.81. The molecule has 2 aliphatic carbocycles. The molecule has 1 fully saturated rings. The van der Waals surface area contributed by atoms with Crippen molar-refractivity contribution in [2.24, 2.45) is 0 Å². The van der Waals surface area contributed by atoms with Crippen molar-refractivity contribution in [1.82, 2.24) is 4.90 Å². The van der Waals surface area contributed by atoms with E-state index in [-0.39, 0.29) is 6.04 Å². The van der Waals surface area contributed by atoms with Crippen molar-refractivity contribution in [2.75, 3.05) is 20.7 Å². The number of methoxy groups -OCH3 is 1. The molecule has 1 unspecified atom stereocenters. The van der Waals surface area contributed by atoms with Crippen molar-refractivity contribution >= 4 is 11.9 Å². The average molecular weight is 459 g/mol. The molecule has 1 spiro atoms. The van der Waals surface area contributed by atoms with Gasteiger partial charge in [0.1, 0.15) is 11.9 Å². The van der Waals surface area contributed by atoms with E-state index in [4.69, 9.17) is 18.9 Å². The number of hydrogen-bond donors (Lipinski definition) is 2. The van der Waals surface area contributed by atoms with E-state index in [9.17, 15) is 19.8 Å². The van der Waals surface area contributed by atoms with Crippen LogP contribution in [0.5, 0.6) is 11.5 Å². The van der Waals surface area contributed by atoms with E-state index in [1.807, 2.05) is 19.2 Å². The number of hydrogen-bond acceptors (Lipinski definition) is 9. The third-order valence-corrected chi connectivity index (χ3v) is 7.74. The van der Waals surface area contributed by atoms with Crippen LogP contribution in [-0.4, -0.2) is 77.7 Å². The molecule has 33 heavy (non-hydrogen) atoms. The van der Waals surface area contributed by atoms with Gasteiger partial charge in [-0.05, 0) is 58.0 Å². The zero-order chi connectivity index (χ0) is 23.7. The summed E-state index contributed by atoms with van der Waals surface area (Å²) in [6, 6.07) is 3.79. The van der Waals surface area contributed by atoms with Crippen LogP contribution in [0.3, 0.4) is 0 Å². The van der Waals surface area contributed by atoms with E-state index in [0.29, 0.717) is 36.5 Å². The standard InChI is InChI=1S/C24H29NO8/c1-12(26)21(27)31-13(2)22(28)32-16-7-8-24(29)17-11-14-5-6-15(30-4)19-18(14)23(24,20(16)33-19)9-10-25(17)3/h5-7,12-13,17,20,26,29H,8-11H2,1-4H3/t12-,13-,17?,20-,23-,24-/m0/s1. The molecule has 9 heteroatoms. The van der Waals surface area contributed by atoms with Crippen LogP contribution in [0.2, 0.25) is 0 Å². The number of likely N-dealkylation sites (tertiary alicyclic amines) is 1. The Kier molecular flexibility index (Phi) is 5.00. The topological polar surface area (TPSA) is 115 Å². The van der Waals surface area contributed by atoms with E-state index in [1.165, 1.54) is 13.8 Å². The second-order valence-corrected chi connectivity index (χ2v) is 9.46. The summed E-state index contributed by atoms with van der Waals surface area (Å²) in [5, 5.41) is 21.5. The molecule has 4 aliphatic rings. The third kappa shape index (κ3) is 2.88. The molecule has 0 aromatic heterocycles. The molecular formula is C24H29NO8. The van der Waals surface area contributed by atoms with E-state index in [1.54, 1.807) is 13.2 Å². The van der Waals surface area contributed by atoms with E-state index >= 15 is 0 Å². The largest absolute Gasteiger partial charge is 0.493 e. The van der Waals surface area contributed by atoms with Gasteiger partial charge in [-0.2, -0.15) is 0 Å². The predicted molar refractivity (Wildman–Crippen MR) is 115 cm³/mol. The maximum Gasteiger partial charge on any atom is 0.352 e. The highest BCUT2D eigenvalue weighted by atomic mass is 16.6. The zero-order valence-electron chi connectivity index (χ0n) is 19.2. The van der Waals surface area contributed by atoms with Gasteiger partial charge in [-0.3, -0.25) is 0 Å². The Labute approximate surface area is 191 Å². The van der Waals surface area contributed by atoms with Crippen molar-refractivity contribution < 1.29 is 38.7 Å². The van der Waals surface area contributed by atoms with Crippen LogP contribution < -0.4 is 9.47 Å². The number of esters is 2. The summed E-state index contributed by atoms with van der Waals surface area (Å²) < 4.78 is 22.7. The third-order valence-electron chi connectivity index (χ3n) is 7.74. The summed E-state index contributed by atoms with van der Waals surface area (Å²) in [4.78, 5) is 26.6. The number of ether oxygens (including phenoxy) is 4. The minimum Gasteiger partial charge on any atom is -0.493 e. The zero-order valence-corrected chi connectivity index (χ0v) is 19.2. The van der Waals surface area contributed by atoms with Gasteiger partial charge in [0, 0.05) is 18.0 Å². The lowest BCUT2D eigenvalue weighted by Gasteiger charge is -2.61. The number of rotatable bonds is 5. The molecule has 0 amide bonds. The van der Waals surface area contributed by atoms with Crippen LogP contribution in [-0.2, 0) is 30.9 Å². The van der Waals surface area contributed by atoms with Crippen LogP contribution >= 0.6 is 0 Å². The molecule has 1 aromatic rings. The first kappa shape index (κ1) is 22.2. The van der Waals surface area contributed by atoms with Gasteiger partial charge in [0.05, 0.1) is 18.1 Å². The van der Waals surface area contributed by atoms with Gasteiger partial charge >= 0.3 is 11.9 Å². The Morgan fingerprint density at radius 3 is 2.73 bits per heavy atom. The second-order valence-electron chi connectivity index (χ2n) is 9.46. The molecule has 1 saturated heterocycles. The number of piperidine rings is 1. The normalized spacial score (nSPS) is 33.2. The lowest BCUT2D eigenvalue weighted by atomic mass is 9.50. The van der Waals surface area contributed by atoms with Crippen molar-refractivity contribution in [3.05, 3.63) is 35.1 Å². The fourth-order valence-corrected chi connectivity index (χ4v) is 6.11. The van der Waals surface area contributed by atoms with E-state index < -0.39 is 41.3 Å². The van der Waals surface area contributed by atoms with Crippen molar-refractivity contribution in [1.29, 1.82) is 0 Å². The Balaban J connectivity index is 1.54. The first-order valence-electron chi connectivity index (χ1n) is 11.2. The van der Waals surface area contributed by atoms with Crippen molar-refractivity contribution in [3.63, 3.8) is 0 Å². The van der Waals surface area contributed by atoms with E-state index in [2.05, 4.69) is 4.90 Å². The first-order chi connectivity index (χ1) is 15.6. The highest BCUT2D eigenvalue weighted by Gasteiger charge is 2.72. The number of nitrogens with zero attached hydrogens (tertiary/aromatic N) is 1. The van der Waals surface area contributed by atoms with Crippen molar-refractivity contribution in [3.8, 4) is 11.5 Å². The SMILES string of the molecule is COc1ccc2c3c1O[C@H]1C(OC(=O)[C@H](C)OC(=O)[C@H](C)O)=CC[C@]4(O)C(C2)N(C)CC[C@]314. The number of carbonyl (C=O) groups excluding carboxylic acids is 2. The molecule has 2 aliphatic heterocycles. The Hall–Kier alpha value is -2.62. The molecule has 5 rings (SSSR count). The molecule has 6 atom stereocenters. The molecule has 2 N–H and O–H groups in total. The average Bonchev–Trinajstić information content (AvgIpc) is 3.13. The van der Waals surface area contributed by atoms with Gasteiger partial charge < -0.3 is 34.1 Å². The maximum atomic E-state index is 12.7. The van der Waals surface area contributed by atoms with Gasteiger partial charge in [0.15, 0.2) is 23.7 Å². The first-order valence-corrected chi connectivity index (χ1v) is 11.2. The quantitative estimate of drug-likeness (QED) is 0.618. The fraction of sp³-hybridized carbons (Fsp3) is 0.583. The number of likely N-dealkylation sites (N-methyl/N-ethyl adjacent to an activating group) is 1. The molecule has 2 bridgehead atoms. The van der Waals surface area contributed by atoms with Crippen LogP contribution in [0.15, 0.2) is 24.0 Å². The Morgan fingerprint density at radius 2 is 2.03 bits per heavy atom. The van der Waals surface area contributed by atoms with Crippen LogP contribution in [0.4, 0.5) is 0 Å². The highest BCUT2D eigenvalue weighted by Crippen LogP contribution is 2.65. The number of aliphatic hydroxyl groups excluding tert-OH is 1. The fourth-order valence-electron chi connectivity index (χ4n) is 6.11. The monoisotopic (exact) mass is 459 g/mol. The van der Waals surface area contributed by atoms with Gasteiger partial charge in [-0.1, -0.05) is 6.07 Å². The Morgan fingerprint density at radius 1 is 1.27 bits per heavy atom. The van der Waals surface area contributed by atoms with Crippen molar-refractivity contribution in [2.45, 2.75) is 68.5 Å². The summed E-state index contributed by atoms with van der Waals surface area (Å²) in [7, 11) is 3.59. The minimum absolute atomic E-state index is 0.108. The molecule has 0 radical (unpaired) electrons. The molecule has 1 aromatic carbocycles.